The summed E-state index contributed by atoms with van der Waals surface area (Å²) in [5.74, 6) is 1.54. The van der Waals surface area contributed by atoms with E-state index in [1.807, 2.05) is 25.1 Å². The second-order valence-electron chi connectivity index (χ2n) is 8.00. The van der Waals surface area contributed by atoms with Gasteiger partial charge in [-0.1, -0.05) is 25.0 Å². The van der Waals surface area contributed by atoms with E-state index in [0.717, 1.165) is 30.0 Å². The van der Waals surface area contributed by atoms with Gasteiger partial charge in [-0.05, 0) is 67.8 Å². The summed E-state index contributed by atoms with van der Waals surface area (Å²) in [6, 6.07) is 15.9. The Bertz CT molecular complexity index is 1170. The maximum atomic E-state index is 12.9. The highest BCUT2D eigenvalue weighted by Gasteiger charge is 2.17. The summed E-state index contributed by atoms with van der Waals surface area (Å²) < 4.78 is 33.6. The van der Waals surface area contributed by atoms with E-state index in [1.54, 1.807) is 37.4 Å². The van der Waals surface area contributed by atoms with Crippen LogP contribution in [0.15, 0.2) is 59.5 Å². The summed E-state index contributed by atoms with van der Waals surface area (Å²) in [4.78, 5) is 2.47. The van der Waals surface area contributed by atoms with Crippen LogP contribution in [0.2, 0.25) is 0 Å². The highest BCUT2D eigenvalue weighted by molar-refractivity contribution is 7.92. The lowest BCUT2D eigenvalue weighted by molar-refractivity contribution is 0.411. The minimum absolute atomic E-state index is 0.183. The Hall–Kier alpha value is -3.13. The molecule has 0 atom stereocenters. The van der Waals surface area contributed by atoms with Crippen molar-refractivity contribution in [3.05, 3.63) is 60.2 Å². The van der Waals surface area contributed by atoms with Crippen molar-refractivity contribution in [2.45, 2.75) is 37.5 Å². The summed E-state index contributed by atoms with van der Waals surface area (Å²) in [7, 11) is -2.17. The van der Waals surface area contributed by atoms with E-state index in [2.05, 4.69) is 19.8 Å². The van der Waals surface area contributed by atoms with Crippen molar-refractivity contribution >= 4 is 21.5 Å². The third-order valence-corrected chi connectivity index (χ3v) is 7.05. The number of nitrogens with zero attached hydrogens (tertiary/aromatic N) is 3. The molecule has 7 nitrogen and oxygen atoms in total. The first-order valence-electron chi connectivity index (χ1n) is 10.8. The second-order valence-corrected chi connectivity index (χ2v) is 9.68. The molecule has 0 unspecified atom stereocenters. The molecule has 1 N–H and O–H groups in total. The van der Waals surface area contributed by atoms with Crippen molar-refractivity contribution in [3.63, 3.8) is 0 Å². The molecule has 0 aliphatic carbocycles. The van der Waals surface area contributed by atoms with Crippen molar-refractivity contribution in [2.24, 2.45) is 0 Å². The molecule has 32 heavy (non-hydrogen) atoms. The van der Waals surface area contributed by atoms with E-state index in [0.29, 0.717) is 17.1 Å². The van der Waals surface area contributed by atoms with Gasteiger partial charge in [-0.25, -0.2) is 8.42 Å². The van der Waals surface area contributed by atoms with E-state index in [-0.39, 0.29) is 4.90 Å². The number of benzene rings is 2. The van der Waals surface area contributed by atoms with Gasteiger partial charge < -0.3 is 9.64 Å². The van der Waals surface area contributed by atoms with E-state index >= 15 is 0 Å². The number of aromatic nitrogens is 2. The van der Waals surface area contributed by atoms with Gasteiger partial charge in [0.15, 0.2) is 5.82 Å². The van der Waals surface area contributed by atoms with Gasteiger partial charge in [-0.2, -0.15) is 0 Å². The van der Waals surface area contributed by atoms with Crippen LogP contribution in [-0.2, 0) is 10.0 Å². The smallest absolute Gasteiger partial charge is 0.261 e. The fourth-order valence-electron chi connectivity index (χ4n) is 3.92. The molecule has 0 saturated carbocycles. The number of ether oxygens (including phenoxy) is 1. The Morgan fingerprint density at radius 3 is 2.38 bits per heavy atom. The van der Waals surface area contributed by atoms with Crippen LogP contribution in [0.5, 0.6) is 5.75 Å². The van der Waals surface area contributed by atoms with Crippen molar-refractivity contribution in [1.29, 1.82) is 0 Å². The molecular weight excluding hydrogens is 424 g/mol. The number of anilines is 2. The molecule has 8 heteroatoms. The van der Waals surface area contributed by atoms with Crippen molar-refractivity contribution in [2.75, 3.05) is 29.8 Å². The highest BCUT2D eigenvalue weighted by Crippen LogP contribution is 2.26. The highest BCUT2D eigenvalue weighted by atomic mass is 32.2. The maximum absolute atomic E-state index is 12.9. The summed E-state index contributed by atoms with van der Waals surface area (Å²) in [6.07, 6.45) is 4.89. The predicted molar refractivity (Wildman–Crippen MR) is 127 cm³/mol. The molecule has 0 bridgehead atoms. The number of aryl methyl sites for hydroxylation is 1. The Labute approximate surface area is 189 Å². The Morgan fingerprint density at radius 1 is 0.938 bits per heavy atom. The molecule has 3 aromatic rings. The molecular formula is C24H28N4O3S. The minimum Gasteiger partial charge on any atom is -0.496 e. The molecule has 4 rings (SSSR count). The fraction of sp³-hybridized carbons (Fsp3) is 0.333. The standard InChI is InChI=1S/C24H28N4O3S/c1-18-16-21(10-12-23(18)31-2)32(29,30)27-20-9-7-8-19(17-20)22-11-13-24(26-25-22)28-14-5-3-4-6-15-28/h7-13,16-17,27H,3-6,14-15H2,1-2H3. The molecule has 0 spiro atoms. The van der Waals surface area contributed by atoms with E-state index in [9.17, 15) is 8.42 Å². The lowest BCUT2D eigenvalue weighted by Gasteiger charge is -2.20. The Kier molecular flexibility index (Phi) is 6.60. The largest absolute Gasteiger partial charge is 0.496 e. The molecule has 2 heterocycles. The third kappa shape index (κ3) is 5.02. The lowest BCUT2D eigenvalue weighted by Crippen LogP contribution is -2.25. The van der Waals surface area contributed by atoms with Crippen LogP contribution in [0.1, 0.15) is 31.2 Å². The van der Waals surface area contributed by atoms with Gasteiger partial charge >= 0.3 is 0 Å². The molecule has 1 saturated heterocycles. The van der Waals surface area contributed by atoms with Gasteiger partial charge in [0.05, 0.1) is 17.7 Å². The van der Waals surface area contributed by atoms with Gasteiger partial charge in [0.25, 0.3) is 10.0 Å². The maximum Gasteiger partial charge on any atom is 0.261 e. The zero-order valence-electron chi connectivity index (χ0n) is 18.4. The average Bonchev–Trinajstić information content (AvgIpc) is 3.09. The van der Waals surface area contributed by atoms with Crippen LogP contribution in [-0.4, -0.2) is 38.8 Å². The summed E-state index contributed by atoms with van der Waals surface area (Å²) in [5, 5.41) is 8.82. The first-order valence-corrected chi connectivity index (χ1v) is 12.3. The number of rotatable bonds is 6. The molecule has 0 radical (unpaired) electrons. The van der Waals surface area contributed by atoms with Crippen LogP contribution >= 0.6 is 0 Å². The van der Waals surface area contributed by atoms with Crippen LogP contribution in [0.4, 0.5) is 11.5 Å². The van der Waals surface area contributed by atoms with Crippen molar-refractivity contribution in [1.82, 2.24) is 10.2 Å². The van der Waals surface area contributed by atoms with Crippen molar-refractivity contribution in [3.8, 4) is 17.0 Å². The quantitative estimate of drug-likeness (QED) is 0.586. The molecule has 1 aliphatic heterocycles. The van der Waals surface area contributed by atoms with Crippen LogP contribution < -0.4 is 14.4 Å². The molecule has 0 amide bonds. The average molecular weight is 453 g/mol. The van der Waals surface area contributed by atoms with E-state index < -0.39 is 10.0 Å². The van der Waals surface area contributed by atoms with E-state index in [1.165, 1.54) is 31.7 Å². The second kappa shape index (κ2) is 9.56. The molecule has 1 aromatic heterocycles. The Morgan fingerprint density at radius 2 is 1.72 bits per heavy atom. The van der Waals surface area contributed by atoms with Crippen LogP contribution in [0, 0.1) is 6.92 Å². The molecule has 1 aliphatic rings. The van der Waals surface area contributed by atoms with Gasteiger partial charge in [-0.3, -0.25) is 4.72 Å². The van der Waals surface area contributed by atoms with Gasteiger partial charge in [0.2, 0.25) is 0 Å². The molecule has 1 fully saturated rings. The molecule has 168 valence electrons. The topological polar surface area (TPSA) is 84.4 Å². The number of hydrogen-bond acceptors (Lipinski definition) is 6. The fourth-order valence-corrected chi connectivity index (χ4v) is 5.06. The first-order chi connectivity index (χ1) is 15.5. The van der Waals surface area contributed by atoms with E-state index in [4.69, 9.17) is 4.74 Å². The van der Waals surface area contributed by atoms with Gasteiger partial charge in [-0.15, -0.1) is 10.2 Å². The summed E-state index contributed by atoms with van der Waals surface area (Å²) in [5.41, 5.74) is 2.72. The first kappa shape index (κ1) is 22.1. The number of nitrogens with one attached hydrogen (secondary N) is 1. The number of hydrogen-bond donors (Lipinski definition) is 1. The SMILES string of the molecule is COc1ccc(S(=O)(=O)Nc2cccc(-c3ccc(N4CCCCCC4)nn3)c2)cc1C. The van der Waals surface area contributed by atoms with Gasteiger partial charge in [0.1, 0.15) is 5.75 Å². The summed E-state index contributed by atoms with van der Waals surface area (Å²) in [6.45, 7) is 3.83. The number of methoxy groups -OCH3 is 1. The monoisotopic (exact) mass is 452 g/mol. The molecule has 2 aromatic carbocycles. The summed E-state index contributed by atoms with van der Waals surface area (Å²) >= 11 is 0. The normalized spacial score (nSPS) is 14.6. The lowest BCUT2D eigenvalue weighted by atomic mass is 10.1. The zero-order valence-corrected chi connectivity index (χ0v) is 19.2. The third-order valence-electron chi connectivity index (χ3n) is 5.67. The number of sulfonamides is 1. The Balaban J connectivity index is 1.52. The predicted octanol–water partition coefficient (Wildman–Crippen LogP) is 4.64. The van der Waals surface area contributed by atoms with Crippen LogP contribution in [0.3, 0.4) is 0 Å². The van der Waals surface area contributed by atoms with Gasteiger partial charge in [0, 0.05) is 24.3 Å². The zero-order chi connectivity index (χ0) is 22.6. The van der Waals surface area contributed by atoms with Crippen LogP contribution in [0.25, 0.3) is 11.3 Å². The minimum atomic E-state index is -3.73. The van der Waals surface area contributed by atoms with Crippen molar-refractivity contribution < 1.29 is 13.2 Å².